The van der Waals surface area contributed by atoms with Crippen molar-refractivity contribution >= 4 is 51.6 Å². The van der Waals surface area contributed by atoms with Gasteiger partial charge in [0, 0.05) is 18.9 Å². The number of nitrogens with zero attached hydrogens (tertiary/aromatic N) is 3. The molecular weight excluding hydrogens is 1070 g/mol. The quantitative estimate of drug-likeness (QED) is 0.0713. The predicted octanol–water partition coefficient (Wildman–Crippen LogP) is 13.1. The van der Waals surface area contributed by atoms with E-state index >= 15 is 0 Å². The van der Waals surface area contributed by atoms with Crippen molar-refractivity contribution in [3.05, 3.63) is 157 Å². The maximum Gasteiger partial charge on any atom is 0.200 e. The molecule has 6 aromatic carbocycles. The van der Waals surface area contributed by atoms with Crippen LogP contribution in [0.2, 0.25) is 0 Å². The molecular formula is C39H3F27LiN6. The average molecular weight is 1080 g/mol. The third-order valence-corrected chi connectivity index (χ3v) is 9.69. The van der Waals surface area contributed by atoms with Crippen LogP contribution in [0, 0.1) is 157 Å². The van der Waals surface area contributed by atoms with Crippen LogP contribution >= 0.6 is 0 Å². The first-order valence-corrected chi connectivity index (χ1v) is 17.7. The Bertz CT molecular complexity index is 3340. The Morgan fingerprint density at radius 3 is 0.493 bits per heavy atom. The van der Waals surface area contributed by atoms with Gasteiger partial charge in [0.05, 0.1) is 32.8 Å². The zero-order chi connectivity index (χ0) is 53.8. The molecule has 0 atom stereocenters. The predicted molar refractivity (Wildman–Crippen MR) is 189 cm³/mol. The summed E-state index contributed by atoms with van der Waals surface area (Å²) in [5.74, 6) is -62.1. The van der Waals surface area contributed by atoms with Gasteiger partial charge in [0.2, 0.25) is 17.5 Å². The van der Waals surface area contributed by atoms with Crippen molar-refractivity contribution in [1.82, 2.24) is 30.6 Å². The van der Waals surface area contributed by atoms with E-state index in [1.54, 1.807) is 15.3 Å². The number of benzene rings is 6. The van der Waals surface area contributed by atoms with Crippen LogP contribution in [0.25, 0.3) is 66.5 Å². The van der Waals surface area contributed by atoms with E-state index < -0.39 is 224 Å². The molecule has 379 valence electrons. The number of hydrogen-bond acceptors (Lipinski definition) is 3. The van der Waals surface area contributed by atoms with Gasteiger partial charge in [-0.15, -0.1) is 0 Å². The van der Waals surface area contributed by atoms with Gasteiger partial charge in [-0.05, 0) is 0 Å². The number of aromatic amines is 3. The van der Waals surface area contributed by atoms with Gasteiger partial charge < -0.3 is 0 Å². The van der Waals surface area contributed by atoms with Crippen molar-refractivity contribution in [3.63, 3.8) is 0 Å². The van der Waals surface area contributed by atoms with E-state index in [0.717, 1.165) is 0 Å². The molecule has 0 unspecified atom stereocenters. The first kappa shape index (κ1) is 54.8. The summed E-state index contributed by atoms with van der Waals surface area (Å²) in [5.41, 5.74) is -12.5. The third-order valence-electron chi connectivity index (χ3n) is 9.69. The summed E-state index contributed by atoms with van der Waals surface area (Å²) in [6.45, 7) is 0. The second-order valence-corrected chi connectivity index (χ2v) is 13.6. The molecule has 0 saturated carbocycles. The normalized spacial score (nSPS) is 11.4. The van der Waals surface area contributed by atoms with Gasteiger partial charge in [-0.25, -0.2) is 119 Å². The number of halogens is 27. The number of fused-ring (bicyclic) bond motifs is 3. The molecule has 0 aliphatic carbocycles. The van der Waals surface area contributed by atoms with E-state index in [4.69, 9.17) is 0 Å². The molecule has 0 aliphatic rings. The van der Waals surface area contributed by atoms with Crippen LogP contribution in [0.3, 0.4) is 0 Å². The van der Waals surface area contributed by atoms with Crippen LogP contribution in [-0.4, -0.2) is 49.5 Å². The van der Waals surface area contributed by atoms with Crippen LogP contribution < -0.4 is 0 Å². The summed E-state index contributed by atoms with van der Waals surface area (Å²) in [7, 11) is 0. The first-order valence-electron chi connectivity index (χ1n) is 17.7. The topological polar surface area (TPSA) is 86.0 Å². The van der Waals surface area contributed by atoms with E-state index in [1.165, 1.54) is 0 Å². The van der Waals surface area contributed by atoms with Crippen LogP contribution in [0.1, 0.15) is 0 Å². The van der Waals surface area contributed by atoms with E-state index in [0.29, 0.717) is 0 Å². The minimum atomic E-state index is -2.49. The Morgan fingerprint density at radius 2 is 0.315 bits per heavy atom. The minimum absolute atomic E-state index is 0. The zero-order valence-corrected chi connectivity index (χ0v) is 33.5. The van der Waals surface area contributed by atoms with Gasteiger partial charge in [0.25, 0.3) is 0 Å². The van der Waals surface area contributed by atoms with Crippen molar-refractivity contribution in [1.29, 1.82) is 0 Å². The Labute approximate surface area is 391 Å². The Kier molecular flexibility index (Phi) is 14.6. The zero-order valence-electron chi connectivity index (χ0n) is 33.5. The molecule has 0 amide bonds. The first-order chi connectivity index (χ1) is 33.5. The molecule has 0 fully saturated rings. The van der Waals surface area contributed by atoms with Crippen LogP contribution in [-0.2, 0) is 0 Å². The van der Waals surface area contributed by atoms with Crippen LogP contribution in [0.4, 0.5) is 119 Å². The Hall–Kier alpha value is -7.56. The molecule has 3 heterocycles. The van der Waals surface area contributed by atoms with Crippen molar-refractivity contribution in [2.75, 3.05) is 0 Å². The molecule has 3 aromatic heterocycles. The molecule has 0 spiro atoms. The van der Waals surface area contributed by atoms with Crippen molar-refractivity contribution in [3.8, 4) is 33.8 Å². The maximum atomic E-state index is 13.8. The number of aromatic nitrogens is 6. The van der Waals surface area contributed by atoms with E-state index in [9.17, 15) is 119 Å². The second-order valence-electron chi connectivity index (χ2n) is 13.6. The maximum absolute atomic E-state index is 13.8. The SMILES string of the molecule is Fc1c(F)c(F)c(-c2n[nH]c3c(F)c(F)c(F)c(F)c23)c(F)c1F.Fc1c(F)c(F)c(-c2n[nH]c3c(F)c(F)c(F)c(F)c23)c(F)c1F.Fc1c(F)c(F)c(-c2n[nH]c3c(F)c(F)c(F)c(F)c23)c(F)c1F.[Li]. The number of rotatable bonds is 3. The molecule has 0 aliphatic heterocycles. The molecule has 1 radical (unpaired) electrons. The Morgan fingerprint density at radius 1 is 0.178 bits per heavy atom. The third kappa shape index (κ3) is 8.16. The molecule has 9 rings (SSSR count). The average Bonchev–Trinajstić information content (AvgIpc) is 4.13. The van der Waals surface area contributed by atoms with E-state index in [1.807, 2.05) is 0 Å². The summed E-state index contributed by atoms with van der Waals surface area (Å²) >= 11 is 0. The molecule has 73 heavy (non-hydrogen) atoms. The fourth-order valence-electron chi connectivity index (χ4n) is 6.36. The number of nitrogens with one attached hydrogen (secondary N) is 3. The summed E-state index contributed by atoms with van der Waals surface area (Å²) in [5, 5.41) is 10.0. The molecule has 34 heteroatoms. The van der Waals surface area contributed by atoms with Gasteiger partial charge >= 0.3 is 0 Å². The van der Waals surface area contributed by atoms with E-state index in [-0.39, 0.29) is 18.9 Å². The van der Waals surface area contributed by atoms with Crippen molar-refractivity contribution in [2.45, 2.75) is 0 Å². The summed E-state index contributed by atoms with van der Waals surface area (Å²) in [4.78, 5) is 0. The molecule has 6 nitrogen and oxygen atoms in total. The van der Waals surface area contributed by atoms with Gasteiger partial charge in [-0.1, -0.05) is 0 Å². The molecule has 9 aromatic rings. The van der Waals surface area contributed by atoms with Gasteiger partial charge in [0.15, 0.2) is 140 Å². The fourth-order valence-corrected chi connectivity index (χ4v) is 6.36. The molecule has 0 saturated heterocycles. The van der Waals surface area contributed by atoms with Gasteiger partial charge in [-0.3, -0.25) is 15.3 Å². The summed E-state index contributed by atoms with van der Waals surface area (Å²) in [6.07, 6.45) is 0. The van der Waals surface area contributed by atoms with Crippen LogP contribution in [0.15, 0.2) is 0 Å². The van der Waals surface area contributed by atoms with Crippen molar-refractivity contribution in [2.24, 2.45) is 0 Å². The smallest absolute Gasteiger partial charge is 0.200 e. The van der Waals surface area contributed by atoms with E-state index in [2.05, 4.69) is 15.3 Å². The minimum Gasteiger partial charge on any atom is -0.274 e. The molecule has 0 bridgehead atoms. The van der Waals surface area contributed by atoms with Gasteiger partial charge in [0.1, 0.15) is 33.6 Å². The van der Waals surface area contributed by atoms with Crippen molar-refractivity contribution < 1.29 is 119 Å². The van der Waals surface area contributed by atoms with Crippen LogP contribution in [0.5, 0.6) is 0 Å². The standard InChI is InChI=1S/3C13HF9N2.Li/c3*14-3-1(4(15)7(18)9(20)6(3)17)12-2-5(16)8(19)10(21)11(22)13(2)24-23-12;/h3*(H,23,24);. The number of H-pyrrole nitrogens is 3. The Balaban J connectivity index is 0.000000177. The number of hydrogen-bond donors (Lipinski definition) is 3. The molecule has 3 N–H and O–H groups in total. The fraction of sp³-hybridized carbons (Fsp3) is 0. The monoisotopic (exact) mass is 1080 g/mol. The second kappa shape index (κ2) is 19.5. The largest absolute Gasteiger partial charge is 0.274 e. The summed E-state index contributed by atoms with van der Waals surface area (Å²) < 4.78 is 362. The van der Waals surface area contributed by atoms with Gasteiger partial charge in [-0.2, -0.15) is 15.3 Å². The summed E-state index contributed by atoms with van der Waals surface area (Å²) in [6, 6.07) is 0.